The highest BCUT2D eigenvalue weighted by Gasteiger charge is 1.97. The van der Waals surface area contributed by atoms with Crippen molar-refractivity contribution in [1.82, 2.24) is 10.3 Å². The van der Waals surface area contributed by atoms with Crippen LogP contribution in [0.15, 0.2) is 41.4 Å². The van der Waals surface area contributed by atoms with E-state index < -0.39 is 0 Å². The summed E-state index contributed by atoms with van der Waals surface area (Å²) in [5.41, 5.74) is 0. The van der Waals surface area contributed by atoms with E-state index in [1.165, 1.54) is 9.77 Å². The molecule has 0 atom stereocenters. The number of benzene rings is 1. The van der Waals surface area contributed by atoms with Crippen LogP contribution in [-0.4, -0.2) is 17.3 Å². The normalized spacial score (nSPS) is 10.6. The van der Waals surface area contributed by atoms with Crippen LogP contribution in [0, 0.1) is 6.92 Å². The maximum absolute atomic E-state index is 4.24. The smallest absolute Gasteiger partial charge is 0.0897 e. The Bertz CT molecular complexity index is 440. The molecule has 1 aromatic heterocycles. The average molecular weight is 264 g/mol. The number of hydrogen-bond donors (Lipinski definition) is 1. The predicted molar refractivity (Wildman–Crippen MR) is 75.7 cm³/mol. The van der Waals surface area contributed by atoms with Crippen molar-refractivity contribution in [3.63, 3.8) is 0 Å². The van der Waals surface area contributed by atoms with Crippen LogP contribution in [0.4, 0.5) is 0 Å². The van der Waals surface area contributed by atoms with Crippen LogP contribution in [0.1, 0.15) is 9.88 Å². The molecule has 90 valence electrons. The number of nitrogens with one attached hydrogen (secondary N) is 1. The minimum Gasteiger partial charge on any atom is -0.311 e. The summed E-state index contributed by atoms with van der Waals surface area (Å²) in [4.78, 5) is 6.88. The number of thioether (sulfide) groups is 1. The van der Waals surface area contributed by atoms with Crippen LogP contribution in [0.5, 0.6) is 0 Å². The van der Waals surface area contributed by atoms with E-state index in [0.29, 0.717) is 0 Å². The fraction of sp³-hybridized carbons (Fsp3) is 0.308. The Morgan fingerprint density at radius 1 is 1.29 bits per heavy atom. The van der Waals surface area contributed by atoms with Crippen molar-refractivity contribution in [1.29, 1.82) is 0 Å². The van der Waals surface area contributed by atoms with Crippen molar-refractivity contribution in [3.8, 4) is 0 Å². The third kappa shape index (κ3) is 4.50. The van der Waals surface area contributed by atoms with E-state index in [-0.39, 0.29) is 0 Å². The molecule has 0 saturated heterocycles. The molecule has 0 aliphatic carbocycles. The molecule has 0 unspecified atom stereocenters. The number of thiazole rings is 1. The molecule has 0 aliphatic heterocycles. The van der Waals surface area contributed by atoms with Crippen molar-refractivity contribution in [2.45, 2.75) is 18.4 Å². The molecular weight excluding hydrogens is 248 g/mol. The van der Waals surface area contributed by atoms with E-state index in [0.717, 1.165) is 23.8 Å². The third-order valence-corrected chi connectivity index (χ3v) is 4.19. The van der Waals surface area contributed by atoms with Gasteiger partial charge in [-0.2, -0.15) is 0 Å². The molecule has 4 heteroatoms. The number of nitrogens with zero attached hydrogens (tertiary/aromatic N) is 1. The standard InChI is InChI=1S/C13H16N2S2/c1-11-15-10-13(17-11)9-14-7-8-16-12-5-3-2-4-6-12/h2-6,10,14H,7-9H2,1H3. The zero-order chi connectivity index (χ0) is 11.9. The van der Waals surface area contributed by atoms with E-state index in [4.69, 9.17) is 0 Å². The summed E-state index contributed by atoms with van der Waals surface area (Å²) in [6.45, 7) is 4.00. The van der Waals surface area contributed by atoms with E-state index >= 15 is 0 Å². The highest BCUT2D eigenvalue weighted by Crippen LogP contribution is 2.16. The van der Waals surface area contributed by atoms with Crippen LogP contribution >= 0.6 is 23.1 Å². The molecular formula is C13H16N2S2. The monoisotopic (exact) mass is 264 g/mol. The number of hydrogen-bond acceptors (Lipinski definition) is 4. The van der Waals surface area contributed by atoms with Gasteiger partial charge in [-0.25, -0.2) is 4.98 Å². The number of rotatable bonds is 6. The lowest BCUT2D eigenvalue weighted by Crippen LogP contribution is -2.15. The van der Waals surface area contributed by atoms with Gasteiger partial charge in [0.25, 0.3) is 0 Å². The van der Waals surface area contributed by atoms with Gasteiger partial charge in [-0.05, 0) is 19.1 Å². The minimum absolute atomic E-state index is 0.931. The van der Waals surface area contributed by atoms with Gasteiger partial charge in [-0.1, -0.05) is 18.2 Å². The lowest BCUT2D eigenvalue weighted by Gasteiger charge is -2.02. The van der Waals surface area contributed by atoms with Gasteiger partial charge in [0.05, 0.1) is 5.01 Å². The summed E-state index contributed by atoms with van der Waals surface area (Å²) >= 11 is 3.65. The summed E-state index contributed by atoms with van der Waals surface area (Å²) < 4.78 is 0. The molecule has 1 aromatic carbocycles. The first kappa shape index (κ1) is 12.6. The molecule has 2 aromatic rings. The first-order valence-corrected chi connectivity index (χ1v) is 7.44. The van der Waals surface area contributed by atoms with Gasteiger partial charge < -0.3 is 5.32 Å². The Kier molecular flexibility index (Phi) is 5.04. The molecule has 0 amide bonds. The molecule has 0 bridgehead atoms. The maximum Gasteiger partial charge on any atom is 0.0897 e. The second-order valence-electron chi connectivity index (χ2n) is 3.68. The van der Waals surface area contributed by atoms with Gasteiger partial charge in [0.1, 0.15) is 0 Å². The molecule has 17 heavy (non-hydrogen) atoms. The summed E-state index contributed by atoms with van der Waals surface area (Å²) in [5.74, 6) is 1.10. The van der Waals surface area contributed by atoms with Crippen molar-refractivity contribution in [2.75, 3.05) is 12.3 Å². The average Bonchev–Trinajstić information content (AvgIpc) is 2.76. The van der Waals surface area contributed by atoms with E-state index in [2.05, 4.69) is 40.6 Å². The fourth-order valence-electron chi connectivity index (χ4n) is 1.46. The first-order chi connectivity index (χ1) is 8.34. The third-order valence-electron chi connectivity index (χ3n) is 2.26. The van der Waals surface area contributed by atoms with Gasteiger partial charge in [-0.15, -0.1) is 23.1 Å². The molecule has 0 fully saturated rings. The summed E-state index contributed by atoms with van der Waals surface area (Å²) in [7, 11) is 0. The Hall–Kier alpha value is -0.840. The van der Waals surface area contributed by atoms with Crippen LogP contribution in [0.25, 0.3) is 0 Å². The molecule has 2 rings (SSSR count). The largest absolute Gasteiger partial charge is 0.311 e. The van der Waals surface area contributed by atoms with Crippen LogP contribution in [0.3, 0.4) is 0 Å². The Balaban J connectivity index is 1.61. The number of aryl methyl sites for hydroxylation is 1. The summed E-state index contributed by atoms with van der Waals surface area (Å²) in [5, 5.41) is 4.57. The van der Waals surface area contributed by atoms with Gasteiger partial charge in [0.15, 0.2) is 0 Å². The minimum atomic E-state index is 0.931. The number of aromatic nitrogens is 1. The highest BCUT2D eigenvalue weighted by molar-refractivity contribution is 7.99. The van der Waals surface area contributed by atoms with Crippen molar-refractivity contribution < 1.29 is 0 Å². The van der Waals surface area contributed by atoms with Gasteiger partial charge in [0.2, 0.25) is 0 Å². The molecule has 0 spiro atoms. The van der Waals surface area contributed by atoms with Crippen LogP contribution in [-0.2, 0) is 6.54 Å². The van der Waals surface area contributed by atoms with Gasteiger partial charge in [0, 0.05) is 34.8 Å². The predicted octanol–water partition coefficient (Wildman–Crippen LogP) is 3.33. The topological polar surface area (TPSA) is 24.9 Å². The Morgan fingerprint density at radius 3 is 2.82 bits per heavy atom. The molecule has 1 heterocycles. The zero-order valence-electron chi connectivity index (χ0n) is 9.85. The summed E-state index contributed by atoms with van der Waals surface area (Å²) in [6.07, 6.45) is 1.96. The molecule has 1 N–H and O–H groups in total. The van der Waals surface area contributed by atoms with E-state index in [1.807, 2.05) is 24.9 Å². The Labute approximate surface area is 110 Å². The van der Waals surface area contributed by atoms with Crippen molar-refractivity contribution in [3.05, 3.63) is 46.4 Å². The quantitative estimate of drug-likeness (QED) is 0.640. The molecule has 0 saturated carbocycles. The molecule has 2 nitrogen and oxygen atoms in total. The zero-order valence-corrected chi connectivity index (χ0v) is 11.5. The lowest BCUT2D eigenvalue weighted by molar-refractivity contribution is 0.740. The second kappa shape index (κ2) is 6.79. The summed E-state index contributed by atoms with van der Waals surface area (Å²) in [6, 6.07) is 10.5. The fourth-order valence-corrected chi connectivity index (χ4v) is 3.05. The van der Waals surface area contributed by atoms with Crippen LogP contribution in [0.2, 0.25) is 0 Å². The van der Waals surface area contributed by atoms with E-state index in [1.54, 1.807) is 11.3 Å². The maximum atomic E-state index is 4.24. The lowest BCUT2D eigenvalue weighted by atomic mass is 10.4. The second-order valence-corrected chi connectivity index (χ2v) is 6.17. The molecule has 0 radical (unpaired) electrons. The van der Waals surface area contributed by atoms with Crippen molar-refractivity contribution >= 4 is 23.1 Å². The van der Waals surface area contributed by atoms with Gasteiger partial charge in [-0.3, -0.25) is 0 Å². The van der Waals surface area contributed by atoms with Crippen LogP contribution < -0.4 is 5.32 Å². The SMILES string of the molecule is Cc1ncc(CNCCSc2ccccc2)s1. The highest BCUT2D eigenvalue weighted by atomic mass is 32.2. The Morgan fingerprint density at radius 2 is 2.12 bits per heavy atom. The van der Waals surface area contributed by atoms with Crippen molar-refractivity contribution in [2.24, 2.45) is 0 Å². The van der Waals surface area contributed by atoms with E-state index in [9.17, 15) is 0 Å². The molecule has 0 aliphatic rings. The first-order valence-electron chi connectivity index (χ1n) is 5.64. The van der Waals surface area contributed by atoms with Gasteiger partial charge >= 0.3 is 0 Å².